The predicted molar refractivity (Wildman–Crippen MR) is 96.9 cm³/mol. The number of carbonyl (C=O) groups is 1. The number of sulfone groups is 1. The van der Waals surface area contributed by atoms with Crippen molar-refractivity contribution in [3.63, 3.8) is 0 Å². The molecule has 0 bridgehead atoms. The second kappa shape index (κ2) is 8.13. The number of rotatable bonds is 7. The molecule has 0 unspecified atom stereocenters. The summed E-state index contributed by atoms with van der Waals surface area (Å²) < 4.78 is 43.2. The van der Waals surface area contributed by atoms with Gasteiger partial charge in [-0.3, -0.25) is 4.79 Å². The van der Waals surface area contributed by atoms with Crippen LogP contribution in [-0.2, 0) is 21.2 Å². The second-order valence-corrected chi connectivity index (χ2v) is 7.93. The average molecular weight is 388 g/mol. The van der Waals surface area contributed by atoms with Crippen LogP contribution in [0.1, 0.15) is 12.1 Å². The summed E-state index contributed by atoms with van der Waals surface area (Å²) in [7, 11) is -3.51. The van der Waals surface area contributed by atoms with Crippen LogP contribution in [0, 0.1) is 5.82 Å². The highest BCUT2D eigenvalue weighted by Crippen LogP contribution is 2.23. The van der Waals surface area contributed by atoms with Crippen molar-refractivity contribution < 1.29 is 22.1 Å². The maximum atomic E-state index is 13.7. The van der Waals surface area contributed by atoms with E-state index in [2.05, 4.69) is 10.5 Å². The molecule has 1 N–H and O–H groups in total. The van der Waals surface area contributed by atoms with Gasteiger partial charge < -0.3 is 9.84 Å². The van der Waals surface area contributed by atoms with E-state index in [4.69, 9.17) is 4.52 Å². The van der Waals surface area contributed by atoms with Gasteiger partial charge in [-0.1, -0.05) is 35.5 Å². The fourth-order valence-corrected chi connectivity index (χ4v) is 3.70. The van der Waals surface area contributed by atoms with E-state index in [0.29, 0.717) is 5.69 Å². The van der Waals surface area contributed by atoms with Gasteiger partial charge in [0, 0.05) is 12.5 Å². The molecule has 3 aromatic rings. The third kappa shape index (κ3) is 4.79. The highest BCUT2D eigenvalue weighted by Gasteiger charge is 2.16. The van der Waals surface area contributed by atoms with E-state index in [1.807, 2.05) is 0 Å². The van der Waals surface area contributed by atoms with Crippen molar-refractivity contribution in [2.24, 2.45) is 0 Å². The number of benzene rings is 2. The zero-order valence-corrected chi connectivity index (χ0v) is 15.1. The van der Waals surface area contributed by atoms with Crippen molar-refractivity contribution in [1.82, 2.24) is 10.5 Å². The van der Waals surface area contributed by atoms with Crippen LogP contribution in [0.3, 0.4) is 0 Å². The van der Waals surface area contributed by atoms with Crippen LogP contribution in [-0.4, -0.2) is 25.2 Å². The van der Waals surface area contributed by atoms with Gasteiger partial charge in [-0.2, -0.15) is 0 Å². The van der Waals surface area contributed by atoms with E-state index in [1.165, 1.54) is 24.3 Å². The number of nitrogens with one attached hydrogen (secondary N) is 1. The number of hydrogen-bond acceptors (Lipinski definition) is 5. The minimum Gasteiger partial charge on any atom is -0.356 e. The standard InChI is InChI=1S/C19H17FN2O4S/c20-17-9-5-4-8-16(17)18-12-14(22-26-18)13-21-19(23)10-11-27(24,25)15-6-2-1-3-7-15/h1-9,12H,10-11,13H2,(H,21,23). The molecule has 2 aromatic carbocycles. The van der Waals surface area contributed by atoms with Gasteiger partial charge >= 0.3 is 0 Å². The normalized spacial score (nSPS) is 11.3. The van der Waals surface area contributed by atoms with Gasteiger partial charge in [-0.15, -0.1) is 0 Å². The van der Waals surface area contributed by atoms with Gasteiger partial charge in [0.05, 0.1) is 22.8 Å². The van der Waals surface area contributed by atoms with Crippen molar-refractivity contribution in [1.29, 1.82) is 0 Å². The molecule has 0 saturated heterocycles. The Morgan fingerprint density at radius 3 is 2.52 bits per heavy atom. The lowest BCUT2D eigenvalue weighted by Crippen LogP contribution is -2.25. The van der Waals surface area contributed by atoms with Gasteiger partial charge in [-0.25, -0.2) is 12.8 Å². The Balaban J connectivity index is 1.54. The number of hydrogen-bond donors (Lipinski definition) is 1. The summed E-state index contributed by atoms with van der Waals surface area (Å²) >= 11 is 0. The van der Waals surface area contributed by atoms with Crippen LogP contribution in [0.15, 0.2) is 70.1 Å². The zero-order chi connectivity index (χ0) is 19.3. The molecule has 0 spiro atoms. The Morgan fingerprint density at radius 2 is 1.78 bits per heavy atom. The molecule has 3 rings (SSSR count). The molecule has 1 aromatic heterocycles. The van der Waals surface area contributed by atoms with Gasteiger partial charge in [0.2, 0.25) is 5.91 Å². The molecule has 140 valence electrons. The van der Waals surface area contributed by atoms with E-state index in [1.54, 1.807) is 36.4 Å². The third-order valence-electron chi connectivity index (χ3n) is 3.87. The molecule has 0 radical (unpaired) electrons. The molecule has 8 heteroatoms. The highest BCUT2D eigenvalue weighted by atomic mass is 32.2. The Morgan fingerprint density at radius 1 is 1.07 bits per heavy atom. The van der Waals surface area contributed by atoms with Crippen LogP contribution in [0.25, 0.3) is 11.3 Å². The molecular formula is C19H17FN2O4S. The molecule has 0 aliphatic rings. The summed E-state index contributed by atoms with van der Waals surface area (Å²) in [5.41, 5.74) is 0.684. The minimum absolute atomic E-state index is 0.0577. The van der Waals surface area contributed by atoms with E-state index in [-0.39, 0.29) is 34.9 Å². The smallest absolute Gasteiger partial charge is 0.221 e. The fourth-order valence-electron chi connectivity index (χ4n) is 2.43. The summed E-state index contributed by atoms with van der Waals surface area (Å²) in [6, 6.07) is 15.6. The van der Waals surface area contributed by atoms with Gasteiger partial charge in [0.25, 0.3) is 0 Å². The topological polar surface area (TPSA) is 89.3 Å². The SMILES string of the molecule is O=C(CCS(=O)(=O)c1ccccc1)NCc1cc(-c2ccccc2F)on1. The van der Waals surface area contributed by atoms with Crippen molar-refractivity contribution >= 4 is 15.7 Å². The number of nitrogens with zero attached hydrogens (tertiary/aromatic N) is 1. The van der Waals surface area contributed by atoms with Crippen molar-refractivity contribution in [2.45, 2.75) is 17.9 Å². The van der Waals surface area contributed by atoms with E-state index in [0.717, 1.165) is 0 Å². The van der Waals surface area contributed by atoms with Crippen LogP contribution in [0.5, 0.6) is 0 Å². The van der Waals surface area contributed by atoms with Crippen LogP contribution in [0.4, 0.5) is 4.39 Å². The number of carbonyl (C=O) groups excluding carboxylic acids is 1. The molecule has 6 nitrogen and oxygen atoms in total. The van der Waals surface area contributed by atoms with Crippen LogP contribution in [0.2, 0.25) is 0 Å². The summed E-state index contributed by atoms with van der Waals surface area (Å²) in [5.74, 6) is -0.897. The summed E-state index contributed by atoms with van der Waals surface area (Å²) in [6.07, 6.45) is -0.171. The Labute approximate surface area is 155 Å². The summed E-state index contributed by atoms with van der Waals surface area (Å²) in [5, 5.41) is 6.37. The molecule has 0 aliphatic carbocycles. The molecular weight excluding hydrogens is 371 g/mol. The maximum absolute atomic E-state index is 13.7. The largest absolute Gasteiger partial charge is 0.356 e. The lowest BCUT2D eigenvalue weighted by atomic mass is 10.1. The van der Waals surface area contributed by atoms with Crippen LogP contribution < -0.4 is 5.32 Å². The Kier molecular flexibility index (Phi) is 5.66. The molecule has 1 amide bonds. The van der Waals surface area contributed by atoms with E-state index >= 15 is 0 Å². The Hall–Kier alpha value is -3.00. The first-order valence-corrected chi connectivity index (χ1v) is 9.86. The first-order chi connectivity index (χ1) is 13.0. The minimum atomic E-state index is -3.51. The second-order valence-electron chi connectivity index (χ2n) is 5.82. The first kappa shape index (κ1) is 18.8. The number of aromatic nitrogens is 1. The van der Waals surface area contributed by atoms with Gasteiger partial charge in [-0.05, 0) is 24.3 Å². The van der Waals surface area contributed by atoms with Gasteiger partial charge in [0.15, 0.2) is 15.6 Å². The Bertz CT molecular complexity index is 1030. The summed E-state index contributed by atoms with van der Waals surface area (Å²) in [6.45, 7) is 0.0577. The fraction of sp³-hybridized carbons (Fsp3) is 0.158. The monoisotopic (exact) mass is 388 g/mol. The highest BCUT2D eigenvalue weighted by molar-refractivity contribution is 7.91. The number of amides is 1. The molecule has 1 heterocycles. The third-order valence-corrected chi connectivity index (χ3v) is 5.60. The summed E-state index contributed by atoms with van der Waals surface area (Å²) in [4.78, 5) is 12.1. The van der Waals surface area contributed by atoms with Crippen molar-refractivity contribution in [3.05, 3.63) is 72.2 Å². The molecule has 0 atom stereocenters. The van der Waals surface area contributed by atoms with Crippen molar-refractivity contribution in [3.8, 4) is 11.3 Å². The van der Waals surface area contributed by atoms with Gasteiger partial charge in [0.1, 0.15) is 11.5 Å². The van der Waals surface area contributed by atoms with E-state index < -0.39 is 21.6 Å². The van der Waals surface area contributed by atoms with Crippen molar-refractivity contribution in [2.75, 3.05) is 5.75 Å². The lowest BCUT2D eigenvalue weighted by Gasteiger charge is -2.05. The number of halogens is 1. The predicted octanol–water partition coefficient (Wildman–Crippen LogP) is 2.96. The quantitative estimate of drug-likeness (QED) is 0.672. The van der Waals surface area contributed by atoms with E-state index in [9.17, 15) is 17.6 Å². The first-order valence-electron chi connectivity index (χ1n) is 8.21. The lowest BCUT2D eigenvalue weighted by molar-refractivity contribution is -0.120. The molecule has 0 saturated carbocycles. The maximum Gasteiger partial charge on any atom is 0.221 e. The average Bonchev–Trinajstić information content (AvgIpc) is 3.15. The zero-order valence-electron chi connectivity index (χ0n) is 14.3. The van der Waals surface area contributed by atoms with Crippen LogP contribution >= 0.6 is 0 Å². The molecule has 0 aliphatic heterocycles. The molecule has 0 fully saturated rings. The molecule has 27 heavy (non-hydrogen) atoms.